The number of rotatable bonds is 6. The van der Waals surface area contributed by atoms with E-state index in [1.165, 1.54) is 0 Å². The molecule has 0 saturated heterocycles. The van der Waals surface area contributed by atoms with Crippen molar-refractivity contribution in [1.29, 1.82) is 0 Å². The van der Waals surface area contributed by atoms with E-state index >= 15 is 0 Å². The lowest BCUT2D eigenvalue weighted by molar-refractivity contribution is 0.684. The summed E-state index contributed by atoms with van der Waals surface area (Å²) < 4.78 is 2.12. The van der Waals surface area contributed by atoms with Crippen LogP contribution in [-0.4, -0.2) is 26.1 Å². The number of nitrogens with one attached hydrogen (secondary N) is 1. The summed E-state index contributed by atoms with van der Waals surface area (Å²) >= 11 is 0. The fourth-order valence-electron chi connectivity index (χ4n) is 1.79. The van der Waals surface area contributed by atoms with Crippen LogP contribution >= 0.6 is 0 Å². The Bertz CT molecular complexity index is 492. The predicted molar refractivity (Wildman–Crippen MR) is 72.3 cm³/mol. The van der Waals surface area contributed by atoms with Gasteiger partial charge in [0.05, 0.1) is 0 Å². The molecule has 5 heteroatoms. The summed E-state index contributed by atoms with van der Waals surface area (Å²) in [4.78, 5) is 12.9. The van der Waals surface area contributed by atoms with Gasteiger partial charge in [0, 0.05) is 31.5 Å². The number of hydrogen-bond donors (Lipinski definition) is 1. The summed E-state index contributed by atoms with van der Waals surface area (Å²) in [6.07, 6.45) is 7.53. The van der Waals surface area contributed by atoms with Crippen molar-refractivity contribution in [2.75, 3.05) is 11.9 Å². The van der Waals surface area contributed by atoms with Gasteiger partial charge in [-0.2, -0.15) is 0 Å². The van der Waals surface area contributed by atoms with Gasteiger partial charge in [-0.1, -0.05) is 13.8 Å². The number of imidazole rings is 1. The molecule has 5 nitrogen and oxygen atoms in total. The Labute approximate surface area is 107 Å². The van der Waals surface area contributed by atoms with Gasteiger partial charge < -0.3 is 9.88 Å². The van der Waals surface area contributed by atoms with Crippen molar-refractivity contribution in [3.8, 4) is 11.5 Å². The standard InChI is InChI=1S/C13H19N5/c1-3-5-14-12-9-11(16-10-17-12)13-15-6-8-18(13)7-4-2/h6,8-10H,3-5,7H2,1-2H3,(H,14,16,17). The molecule has 2 aromatic heterocycles. The first-order valence-corrected chi connectivity index (χ1v) is 6.42. The molecule has 0 aliphatic carbocycles. The van der Waals surface area contributed by atoms with E-state index in [-0.39, 0.29) is 0 Å². The summed E-state index contributed by atoms with van der Waals surface area (Å²) in [5.41, 5.74) is 0.863. The highest BCUT2D eigenvalue weighted by molar-refractivity contribution is 5.55. The maximum atomic E-state index is 4.37. The van der Waals surface area contributed by atoms with Crippen LogP contribution in [0.1, 0.15) is 26.7 Å². The summed E-state index contributed by atoms with van der Waals surface area (Å²) in [5, 5.41) is 3.26. The van der Waals surface area contributed by atoms with Crippen molar-refractivity contribution in [3.63, 3.8) is 0 Å². The van der Waals surface area contributed by atoms with E-state index in [0.29, 0.717) is 0 Å². The minimum atomic E-state index is 0.855. The number of anilines is 1. The SMILES string of the molecule is CCCNc1cc(-c2nccn2CCC)ncn1. The molecule has 18 heavy (non-hydrogen) atoms. The largest absolute Gasteiger partial charge is 0.370 e. The Morgan fingerprint density at radius 2 is 2.06 bits per heavy atom. The first-order chi connectivity index (χ1) is 8.85. The Kier molecular flexibility index (Phi) is 4.28. The smallest absolute Gasteiger partial charge is 0.158 e. The molecule has 0 saturated carbocycles. The molecule has 0 radical (unpaired) electrons. The monoisotopic (exact) mass is 245 g/mol. The molecule has 0 unspecified atom stereocenters. The topological polar surface area (TPSA) is 55.6 Å². The molecule has 0 aromatic carbocycles. The first kappa shape index (κ1) is 12.5. The second kappa shape index (κ2) is 6.14. The molecule has 2 heterocycles. The Balaban J connectivity index is 2.24. The number of aromatic nitrogens is 4. The van der Waals surface area contributed by atoms with Gasteiger partial charge >= 0.3 is 0 Å². The van der Waals surface area contributed by atoms with Crippen LogP contribution in [0.5, 0.6) is 0 Å². The van der Waals surface area contributed by atoms with Crippen LogP contribution in [0, 0.1) is 0 Å². The lowest BCUT2D eigenvalue weighted by Gasteiger charge is -2.07. The second-order valence-electron chi connectivity index (χ2n) is 4.16. The summed E-state index contributed by atoms with van der Waals surface area (Å²) in [6, 6.07) is 1.95. The van der Waals surface area contributed by atoms with Gasteiger partial charge in [-0.15, -0.1) is 0 Å². The lowest BCUT2D eigenvalue weighted by atomic mass is 10.3. The zero-order valence-electron chi connectivity index (χ0n) is 10.9. The Morgan fingerprint density at radius 3 is 2.83 bits per heavy atom. The van der Waals surface area contributed by atoms with Gasteiger partial charge in [0.2, 0.25) is 0 Å². The van der Waals surface area contributed by atoms with E-state index in [1.54, 1.807) is 6.33 Å². The average Bonchev–Trinajstić information content (AvgIpc) is 2.85. The van der Waals surface area contributed by atoms with Crippen molar-refractivity contribution in [2.45, 2.75) is 33.2 Å². The van der Waals surface area contributed by atoms with Gasteiger partial charge in [-0.05, 0) is 12.8 Å². The fourth-order valence-corrected chi connectivity index (χ4v) is 1.79. The van der Waals surface area contributed by atoms with Crippen LogP contribution in [0.4, 0.5) is 5.82 Å². The van der Waals surface area contributed by atoms with Crippen LogP contribution in [0.2, 0.25) is 0 Å². The van der Waals surface area contributed by atoms with Gasteiger partial charge in [-0.25, -0.2) is 15.0 Å². The van der Waals surface area contributed by atoms with Gasteiger partial charge in [0.1, 0.15) is 17.8 Å². The van der Waals surface area contributed by atoms with Crippen LogP contribution in [0.25, 0.3) is 11.5 Å². The molecule has 0 aliphatic rings. The Morgan fingerprint density at radius 1 is 1.17 bits per heavy atom. The maximum absolute atomic E-state index is 4.37. The quantitative estimate of drug-likeness (QED) is 0.849. The predicted octanol–water partition coefficient (Wildman–Crippen LogP) is 2.57. The highest BCUT2D eigenvalue weighted by Crippen LogP contribution is 2.17. The van der Waals surface area contributed by atoms with Gasteiger partial charge in [-0.3, -0.25) is 0 Å². The highest BCUT2D eigenvalue weighted by atomic mass is 15.1. The van der Waals surface area contributed by atoms with E-state index < -0.39 is 0 Å². The van der Waals surface area contributed by atoms with E-state index in [1.807, 2.05) is 18.5 Å². The van der Waals surface area contributed by atoms with Crippen molar-refractivity contribution in [3.05, 3.63) is 24.8 Å². The van der Waals surface area contributed by atoms with E-state index in [2.05, 4.69) is 38.7 Å². The Hall–Kier alpha value is -1.91. The van der Waals surface area contributed by atoms with E-state index in [9.17, 15) is 0 Å². The third-order valence-electron chi connectivity index (χ3n) is 2.63. The zero-order chi connectivity index (χ0) is 12.8. The molecule has 0 spiro atoms. The molecular weight excluding hydrogens is 226 g/mol. The minimum absolute atomic E-state index is 0.855. The molecule has 0 atom stereocenters. The molecule has 2 rings (SSSR count). The lowest BCUT2D eigenvalue weighted by Crippen LogP contribution is -2.04. The van der Waals surface area contributed by atoms with Crippen LogP contribution in [0.3, 0.4) is 0 Å². The normalized spacial score (nSPS) is 10.6. The zero-order valence-corrected chi connectivity index (χ0v) is 10.9. The summed E-state index contributed by atoms with van der Waals surface area (Å²) in [6.45, 7) is 6.15. The van der Waals surface area contributed by atoms with Gasteiger partial charge in [0.15, 0.2) is 5.82 Å². The molecule has 1 N–H and O–H groups in total. The van der Waals surface area contributed by atoms with Crippen LogP contribution in [-0.2, 0) is 6.54 Å². The molecule has 0 aliphatic heterocycles. The van der Waals surface area contributed by atoms with Gasteiger partial charge in [0.25, 0.3) is 0 Å². The number of hydrogen-bond acceptors (Lipinski definition) is 4. The van der Waals surface area contributed by atoms with Crippen molar-refractivity contribution >= 4 is 5.82 Å². The first-order valence-electron chi connectivity index (χ1n) is 6.42. The molecule has 0 amide bonds. The highest BCUT2D eigenvalue weighted by Gasteiger charge is 2.07. The molecule has 96 valence electrons. The molecule has 2 aromatic rings. The summed E-state index contributed by atoms with van der Waals surface area (Å²) in [5.74, 6) is 1.76. The molecule has 0 bridgehead atoms. The van der Waals surface area contributed by atoms with Crippen molar-refractivity contribution < 1.29 is 0 Å². The summed E-state index contributed by atoms with van der Waals surface area (Å²) in [7, 11) is 0. The fraction of sp³-hybridized carbons (Fsp3) is 0.462. The van der Waals surface area contributed by atoms with Crippen LogP contribution in [0.15, 0.2) is 24.8 Å². The number of aryl methyl sites for hydroxylation is 1. The molecular formula is C13H19N5. The third kappa shape index (κ3) is 2.85. The maximum Gasteiger partial charge on any atom is 0.158 e. The van der Waals surface area contributed by atoms with Crippen LogP contribution < -0.4 is 5.32 Å². The van der Waals surface area contributed by atoms with Crippen molar-refractivity contribution in [1.82, 2.24) is 19.5 Å². The minimum Gasteiger partial charge on any atom is -0.370 e. The third-order valence-corrected chi connectivity index (χ3v) is 2.63. The number of nitrogens with zero attached hydrogens (tertiary/aromatic N) is 4. The van der Waals surface area contributed by atoms with E-state index in [4.69, 9.17) is 0 Å². The molecule has 0 fully saturated rings. The van der Waals surface area contributed by atoms with Crippen molar-refractivity contribution in [2.24, 2.45) is 0 Å². The second-order valence-corrected chi connectivity index (χ2v) is 4.16. The van der Waals surface area contributed by atoms with E-state index in [0.717, 1.165) is 43.3 Å². The average molecular weight is 245 g/mol.